The summed E-state index contributed by atoms with van der Waals surface area (Å²) >= 11 is 0. The molecule has 0 spiro atoms. The fourth-order valence-electron chi connectivity index (χ4n) is 3.80. The highest BCUT2D eigenvalue weighted by molar-refractivity contribution is 6.74. The number of hydrogen-bond donors (Lipinski definition) is 1. The lowest BCUT2D eigenvalue weighted by molar-refractivity contribution is 0.147. The number of nitrogens with zero attached hydrogens (tertiary/aromatic N) is 1. The van der Waals surface area contributed by atoms with Crippen molar-refractivity contribution in [1.29, 1.82) is 0 Å². The number of benzene rings is 2. The standard InChI is InChI=1S/C32H49NO2Si/c1-7-8-9-10-11-12-13-20-25-30(34)29(26-35-36(5,6)32(2,3)4)33-31(27-21-16-14-17-22-27)28-23-18-15-19-24-28/h14-25,29-30,34H,7-13,26H2,1-6H3/b25-20+/t29-,30-/m0/s1. The van der Waals surface area contributed by atoms with Gasteiger partial charge in [-0.1, -0.05) is 133 Å². The van der Waals surface area contributed by atoms with Gasteiger partial charge in [-0.05, 0) is 31.0 Å². The maximum absolute atomic E-state index is 11.3. The average Bonchev–Trinajstić information content (AvgIpc) is 2.86. The van der Waals surface area contributed by atoms with Crippen molar-refractivity contribution in [3.63, 3.8) is 0 Å². The Morgan fingerprint density at radius 2 is 1.42 bits per heavy atom. The van der Waals surface area contributed by atoms with Gasteiger partial charge >= 0.3 is 0 Å². The van der Waals surface area contributed by atoms with Crippen LogP contribution in [0, 0.1) is 0 Å². The molecule has 1 N–H and O–H groups in total. The zero-order valence-electron chi connectivity index (χ0n) is 23.5. The van der Waals surface area contributed by atoms with Gasteiger partial charge in [0.15, 0.2) is 8.32 Å². The Labute approximate surface area is 221 Å². The average molecular weight is 508 g/mol. The number of allylic oxidation sites excluding steroid dienone is 1. The zero-order valence-corrected chi connectivity index (χ0v) is 24.5. The predicted octanol–water partition coefficient (Wildman–Crippen LogP) is 8.58. The molecule has 0 aliphatic rings. The largest absolute Gasteiger partial charge is 0.415 e. The van der Waals surface area contributed by atoms with Gasteiger partial charge in [-0.2, -0.15) is 0 Å². The van der Waals surface area contributed by atoms with Gasteiger partial charge in [0.25, 0.3) is 0 Å². The van der Waals surface area contributed by atoms with Gasteiger partial charge in [-0.3, -0.25) is 4.99 Å². The first-order valence-electron chi connectivity index (χ1n) is 13.8. The fraction of sp³-hybridized carbons (Fsp3) is 0.531. The molecular weight excluding hydrogens is 458 g/mol. The number of aliphatic hydroxyl groups is 1. The van der Waals surface area contributed by atoms with E-state index >= 15 is 0 Å². The molecule has 0 aliphatic carbocycles. The van der Waals surface area contributed by atoms with E-state index in [1.165, 1.54) is 38.5 Å². The maximum Gasteiger partial charge on any atom is 0.192 e. The highest BCUT2D eigenvalue weighted by atomic mass is 28.4. The minimum absolute atomic E-state index is 0.0987. The smallest absolute Gasteiger partial charge is 0.192 e. The van der Waals surface area contributed by atoms with Crippen molar-refractivity contribution in [1.82, 2.24) is 0 Å². The molecule has 3 nitrogen and oxygen atoms in total. The van der Waals surface area contributed by atoms with E-state index in [0.717, 1.165) is 23.3 Å². The molecule has 0 aliphatic heterocycles. The fourth-order valence-corrected chi connectivity index (χ4v) is 4.82. The van der Waals surface area contributed by atoms with Gasteiger partial charge in [-0.25, -0.2) is 0 Å². The monoisotopic (exact) mass is 507 g/mol. The molecule has 0 saturated carbocycles. The first-order chi connectivity index (χ1) is 17.2. The minimum atomic E-state index is -1.99. The van der Waals surface area contributed by atoms with E-state index in [-0.39, 0.29) is 11.1 Å². The van der Waals surface area contributed by atoms with Gasteiger partial charge in [0.2, 0.25) is 0 Å². The summed E-state index contributed by atoms with van der Waals surface area (Å²) in [6, 6.07) is 20.1. The van der Waals surface area contributed by atoms with Crippen LogP contribution in [0.4, 0.5) is 0 Å². The van der Waals surface area contributed by atoms with E-state index in [9.17, 15) is 5.11 Å². The van der Waals surface area contributed by atoms with E-state index in [1.807, 2.05) is 42.5 Å². The van der Waals surface area contributed by atoms with Crippen molar-refractivity contribution >= 4 is 14.0 Å². The second-order valence-corrected chi connectivity index (χ2v) is 16.1. The summed E-state index contributed by atoms with van der Waals surface area (Å²) < 4.78 is 6.57. The minimum Gasteiger partial charge on any atom is -0.415 e. The van der Waals surface area contributed by atoms with Crippen LogP contribution in [-0.2, 0) is 4.43 Å². The number of unbranched alkanes of at least 4 members (excludes halogenated alkanes) is 6. The first kappa shape index (κ1) is 30.2. The lowest BCUT2D eigenvalue weighted by Gasteiger charge is -2.37. The molecule has 2 atom stereocenters. The van der Waals surface area contributed by atoms with Crippen LogP contribution in [0.3, 0.4) is 0 Å². The lowest BCUT2D eigenvalue weighted by Crippen LogP contribution is -2.44. The SMILES string of the molecule is CCCCCCCC/C=C/[C@H](O)[C@H](CO[Si](C)(C)C(C)(C)C)N=C(c1ccccc1)c1ccccc1. The Kier molecular flexibility index (Phi) is 12.8. The first-order valence-corrected chi connectivity index (χ1v) is 16.7. The van der Waals surface area contributed by atoms with Gasteiger partial charge in [0, 0.05) is 11.1 Å². The second kappa shape index (κ2) is 15.3. The van der Waals surface area contributed by atoms with Crippen LogP contribution in [0.25, 0.3) is 0 Å². The highest BCUT2D eigenvalue weighted by Crippen LogP contribution is 2.36. The van der Waals surface area contributed by atoms with Gasteiger partial charge in [0.05, 0.1) is 18.4 Å². The molecule has 0 heterocycles. The topological polar surface area (TPSA) is 41.8 Å². The molecular formula is C32H49NO2Si. The van der Waals surface area contributed by atoms with Crippen LogP contribution in [0.1, 0.15) is 83.8 Å². The van der Waals surface area contributed by atoms with Crippen molar-refractivity contribution < 1.29 is 9.53 Å². The molecule has 0 fully saturated rings. The maximum atomic E-state index is 11.3. The van der Waals surface area contributed by atoms with E-state index in [1.54, 1.807) is 0 Å². The van der Waals surface area contributed by atoms with Crippen molar-refractivity contribution in [2.75, 3.05) is 6.61 Å². The van der Waals surface area contributed by atoms with Crippen molar-refractivity contribution in [3.8, 4) is 0 Å². The summed E-state index contributed by atoms with van der Waals surface area (Å²) in [5.74, 6) is 0. The number of aliphatic hydroxyl groups excluding tert-OH is 1. The summed E-state index contributed by atoms with van der Waals surface area (Å²) in [6.45, 7) is 13.9. The van der Waals surface area contributed by atoms with Crippen LogP contribution >= 0.6 is 0 Å². The van der Waals surface area contributed by atoms with Crippen LogP contribution in [0.5, 0.6) is 0 Å². The summed E-state index contributed by atoms with van der Waals surface area (Å²) in [5.41, 5.74) is 2.98. The van der Waals surface area contributed by atoms with E-state index in [2.05, 4.69) is 71.1 Å². The molecule has 0 aromatic heterocycles. The Balaban J connectivity index is 2.26. The molecule has 0 bridgehead atoms. The normalized spacial score (nSPS) is 14.1. The summed E-state index contributed by atoms with van der Waals surface area (Å²) in [7, 11) is -1.99. The van der Waals surface area contributed by atoms with Crippen LogP contribution in [-0.4, -0.2) is 37.9 Å². The van der Waals surface area contributed by atoms with Gasteiger partial charge in [0.1, 0.15) is 6.04 Å². The molecule has 36 heavy (non-hydrogen) atoms. The van der Waals surface area contributed by atoms with Gasteiger partial charge in [-0.15, -0.1) is 0 Å². The van der Waals surface area contributed by atoms with Crippen molar-refractivity contribution in [2.24, 2.45) is 4.99 Å². The van der Waals surface area contributed by atoms with E-state index in [0.29, 0.717) is 6.61 Å². The molecule has 2 aromatic rings. The third-order valence-corrected chi connectivity index (χ3v) is 11.8. The number of hydrogen-bond acceptors (Lipinski definition) is 3. The van der Waals surface area contributed by atoms with Crippen molar-refractivity contribution in [3.05, 3.63) is 83.9 Å². The Morgan fingerprint density at radius 1 is 0.889 bits per heavy atom. The van der Waals surface area contributed by atoms with Crippen LogP contribution < -0.4 is 0 Å². The van der Waals surface area contributed by atoms with E-state index in [4.69, 9.17) is 9.42 Å². The van der Waals surface area contributed by atoms with Gasteiger partial charge < -0.3 is 9.53 Å². The third-order valence-electron chi connectivity index (χ3n) is 7.26. The summed E-state index contributed by atoms with van der Waals surface area (Å²) in [5, 5.41) is 11.4. The molecule has 0 radical (unpaired) electrons. The molecule has 198 valence electrons. The van der Waals surface area contributed by atoms with E-state index < -0.39 is 14.4 Å². The molecule has 0 saturated heterocycles. The molecule has 0 unspecified atom stereocenters. The number of aliphatic imine (C=N–C) groups is 1. The second-order valence-electron chi connectivity index (χ2n) is 11.3. The van der Waals surface area contributed by atoms with Crippen LogP contribution in [0.2, 0.25) is 18.1 Å². The molecule has 2 rings (SSSR count). The Morgan fingerprint density at radius 3 is 1.94 bits per heavy atom. The molecule has 0 amide bonds. The molecule has 4 heteroatoms. The number of rotatable bonds is 15. The third kappa shape index (κ3) is 10.2. The van der Waals surface area contributed by atoms with Crippen LogP contribution in [0.15, 0.2) is 77.8 Å². The zero-order chi connectivity index (χ0) is 26.4. The Bertz CT molecular complexity index is 875. The highest BCUT2D eigenvalue weighted by Gasteiger charge is 2.38. The summed E-state index contributed by atoms with van der Waals surface area (Å²) in [6.07, 6.45) is 12.0. The Hall–Kier alpha value is -2.01. The quantitative estimate of drug-likeness (QED) is 0.113. The molecule has 2 aromatic carbocycles. The van der Waals surface area contributed by atoms with Crippen molar-refractivity contribution in [2.45, 2.75) is 103 Å². The summed E-state index contributed by atoms with van der Waals surface area (Å²) in [4.78, 5) is 5.16. The predicted molar refractivity (Wildman–Crippen MR) is 159 cm³/mol. The lowest BCUT2D eigenvalue weighted by atomic mass is 10.0.